The molecule has 0 radical (unpaired) electrons. The number of hydrogen-bond acceptors (Lipinski definition) is 7. The monoisotopic (exact) mass is 345 g/mol. The summed E-state index contributed by atoms with van der Waals surface area (Å²) in [4.78, 5) is 16.3. The zero-order valence-electron chi connectivity index (χ0n) is 13.3. The van der Waals surface area contributed by atoms with E-state index in [0.29, 0.717) is 32.8 Å². The van der Waals surface area contributed by atoms with Crippen molar-refractivity contribution >= 4 is 28.5 Å². The number of carbonyl (C=O) groups is 1. The van der Waals surface area contributed by atoms with E-state index < -0.39 is 0 Å². The first kappa shape index (κ1) is 17.3. The quantitative estimate of drug-likeness (QED) is 0.809. The minimum absolute atomic E-state index is 0.359. The number of carbonyl (C=O) groups excluding carboxylic acids is 1. The van der Waals surface area contributed by atoms with E-state index in [9.17, 15) is 4.79 Å². The van der Waals surface area contributed by atoms with Crippen LogP contribution in [0.3, 0.4) is 0 Å². The predicted octanol–water partition coefficient (Wildman–Crippen LogP) is 2.69. The Morgan fingerprint density at radius 2 is 1.92 bits per heavy atom. The Balaban J connectivity index is 2.15. The molecule has 124 valence electrons. The van der Waals surface area contributed by atoms with Gasteiger partial charge in [0.2, 0.25) is 11.7 Å². The minimum atomic E-state index is -0.359. The van der Waals surface area contributed by atoms with Crippen LogP contribution < -0.4 is 19.5 Å². The van der Waals surface area contributed by atoms with Crippen LogP contribution in [0.25, 0.3) is 6.08 Å². The van der Waals surface area contributed by atoms with Crippen molar-refractivity contribution in [2.75, 3.05) is 26.6 Å². The highest BCUT2D eigenvalue weighted by Gasteiger charge is 2.12. The molecule has 0 bridgehead atoms. The Kier molecular flexibility index (Phi) is 5.76. The standard InChI is InChI=1S/C16H15N3O4S/c1-21-12-6-10(7-13(22-2)15(12)23-3)4-5-14(20)19-16-18-9-11(8-17)24-16/h4-7,9H,1-3H3,(H,18,19,20)/b5-4+. The molecule has 1 aromatic heterocycles. The molecule has 7 nitrogen and oxygen atoms in total. The molecule has 0 atom stereocenters. The summed E-state index contributed by atoms with van der Waals surface area (Å²) in [6.45, 7) is 0. The van der Waals surface area contributed by atoms with Crippen molar-refractivity contribution in [2.24, 2.45) is 0 Å². The second kappa shape index (κ2) is 7.99. The number of methoxy groups -OCH3 is 3. The molecular weight excluding hydrogens is 330 g/mol. The van der Waals surface area contributed by atoms with E-state index in [1.807, 2.05) is 6.07 Å². The first-order valence-corrected chi connectivity index (χ1v) is 7.58. The summed E-state index contributed by atoms with van der Waals surface area (Å²) >= 11 is 1.11. The van der Waals surface area contributed by atoms with Gasteiger partial charge in [-0.15, -0.1) is 0 Å². The maximum absolute atomic E-state index is 11.9. The van der Waals surface area contributed by atoms with Crippen LogP contribution in [-0.4, -0.2) is 32.2 Å². The number of anilines is 1. The molecule has 0 aliphatic rings. The minimum Gasteiger partial charge on any atom is -0.493 e. The molecule has 1 heterocycles. The Bertz CT molecular complexity index is 783. The van der Waals surface area contributed by atoms with E-state index in [-0.39, 0.29) is 5.91 Å². The van der Waals surface area contributed by atoms with Crippen molar-refractivity contribution in [3.8, 4) is 23.3 Å². The molecule has 0 aliphatic heterocycles. The van der Waals surface area contributed by atoms with Crippen LogP contribution in [0.2, 0.25) is 0 Å². The van der Waals surface area contributed by atoms with E-state index in [2.05, 4.69) is 10.3 Å². The van der Waals surface area contributed by atoms with E-state index in [1.165, 1.54) is 33.6 Å². The maximum Gasteiger partial charge on any atom is 0.250 e. The van der Waals surface area contributed by atoms with Crippen LogP contribution in [0.1, 0.15) is 10.4 Å². The Morgan fingerprint density at radius 3 is 2.42 bits per heavy atom. The number of thiazole rings is 1. The summed E-state index contributed by atoms with van der Waals surface area (Å²) in [6, 6.07) is 5.41. The van der Waals surface area contributed by atoms with Crippen molar-refractivity contribution in [2.45, 2.75) is 0 Å². The van der Waals surface area contributed by atoms with Crippen molar-refractivity contribution in [1.82, 2.24) is 4.98 Å². The molecule has 0 saturated heterocycles. The van der Waals surface area contributed by atoms with Crippen LogP contribution >= 0.6 is 11.3 Å². The topological polar surface area (TPSA) is 93.5 Å². The van der Waals surface area contributed by atoms with E-state index >= 15 is 0 Å². The molecular formula is C16H15N3O4S. The van der Waals surface area contributed by atoms with Gasteiger partial charge in [0.05, 0.1) is 27.5 Å². The first-order valence-electron chi connectivity index (χ1n) is 6.76. The molecule has 24 heavy (non-hydrogen) atoms. The third-order valence-electron chi connectivity index (χ3n) is 2.96. The third kappa shape index (κ3) is 4.02. The maximum atomic E-state index is 11.9. The molecule has 8 heteroatoms. The molecule has 2 rings (SSSR count). The molecule has 0 spiro atoms. The van der Waals surface area contributed by atoms with Crippen LogP contribution in [0.5, 0.6) is 17.2 Å². The normalized spacial score (nSPS) is 10.2. The molecule has 0 fully saturated rings. The van der Waals surface area contributed by atoms with Crippen molar-refractivity contribution in [1.29, 1.82) is 5.26 Å². The van der Waals surface area contributed by atoms with Crippen molar-refractivity contribution in [3.63, 3.8) is 0 Å². The summed E-state index contributed by atoms with van der Waals surface area (Å²) < 4.78 is 15.8. The van der Waals surface area contributed by atoms with Gasteiger partial charge in [0.15, 0.2) is 16.6 Å². The average Bonchev–Trinajstić information content (AvgIpc) is 3.06. The number of aromatic nitrogens is 1. The van der Waals surface area contributed by atoms with E-state index in [1.54, 1.807) is 18.2 Å². The number of ether oxygens (including phenoxy) is 3. The molecule has 1 amide bonds. The lowest BCUT2D eigenvalue weighted by atomic mass is 10.1. The van der Waals surface area contributed by atoms with Gasteiger partial charge in [-0.1, -0.05) is 11.3 Å². The summed E-state index contributed by atoms with van der Waals surface area (Å²) in [6.07, 6.45) is 4.37. The van der Waals surface area contributed by atoms with Crippen LogP contribution in [0.15, 0.2) is 24.4 Å². The fourth-order valence-corrected chi connectivity index (χ4v) is 2.52. The van der Waals surface area contributed by atoms with Crippen molar-refractivity contribution in [3.05, 3.63) is 34.8 Å². The molecule has 1 N–H and O–H groups in total. The molecule has 2 aromatic rings. The van der Waals surface area contributed by atoms with Crippen LogP contribution in [0, 0.1) is 11.3 Å². The second-order valence-electron chi connectivity index (χ2n) is 4.42. The molecule has 1 aromatic carbocycles. The average molecular weight is 345 g/mol. The second-order valence-corrected chi connectivity index (χ2v) is 5.45. The van der Waals surface area contributed by atoms with Gasteiger partial charge in [0.1, 0.15) is 10.9 Å². The number of nitriles is 1. The fraction of sp³-hybridized carbons (Fsp3) is 0.188. The molecule has 0 unspecified atom stereocenters. The SMILES string of the molecule is COc1cc(/C=C/C(=O)Nc2ncc(C#N)s2)cc(OC)c1OC. The van der Waals surface area contributed by atoms with Crippen LogP contribution in [-0.2, 0) is 4.79 Å². The van der Waals surface area contributed by atoms with Gasteiger partial charge in [-0.2, -0.15) is 5.26 Å². The number of nitrogens with zero attached hydrogens (tertiary/aromatic N) is 2. The lowest BCUT2D eigenvalue weighted by molar-refractivity contribution is -0.111. The zero-order valence-corrected chi connectivity index (χ0v) is 14.1. The Labute approximate surface area is 143 Å². The lowest BCUT2D eigenvalue weighted by Gasteiger charge is -2.12. The largest absolute Gasteiger partial charge is 0.493 e. The predicted molar refractivity (Wildman–Crippen MR) is 90.6 cm³/mol. The van der Waals surface area contributed by atoms with Gasteiger partial charge >= 0.3 is 0 Å². The summed E-state index contributed by atoms with van der Waals surface area (Å²) in [5.74, 6) is 1.11. The molecule has 0 aliphatic carbocycles. The summed E-state index contributed by atoms with van der Waals surface area (Å²) in [7, 11) is 4.56. The van der Waals surface area contributed by atoms with Gasteiger partial charge in [-0.05, 0) is 23.8 Å². The highest BCUT2D eigenvalue weighted by atomic mass is 32.1. The van der Waals surface area contributed by atoms with Gasteiger partial charge in [-0.25, -0.2) is 4.98 Å². The summed E-state index contributed by atoms with van der Waals surface area (Å²) in [5.41, 5.74) is 0.705. The Morgan fingerprint density at radius 1 is 1.25 bits per heavy atom. The van der Waals surface area contributed by atoms with Gasteiger partial charge < -0.3 is 14.2 Å². The molecule has 0 saturated carbocycles. The number of nitrogens with one attached hydrogen (secondary N) is 1. The smallest absolute Gasteiger partial charge is 0.250 e. The lowest BCUT2D eigenvalue weighted by Crippen LogP contribution is -2.07. The van der Waals surface area contributed by atoms with Gasteiger partial charge in [-0.3, -0.25) is 10.1 Å². The van der Waals surface area contributed by atoms with Crippen LogP contribution in [0.4, 0.5) is 5.13 Å². The summed E-state index contributed by atoms with van der Waals surface area (Å²) in [5, 5.41) is 11.7. The number of amides is 1. The first-order chi connectivity index (χ1) is 11.6. The zero-order chi connectivity index (χ0) is 17.5. The fourth-order valence-electron chi connectivity index (χ4n) is 1.90. The van der Waals surface area contributed by atoms with Gasteiger partial charge in [0.25, 0.3) is 0 Å². The number of hydrogen-bond donors (Lipinski definition) is 1. The van der Waals surface area contributed by atoms with E-state index in [0.717, 1.165) is 11.3 Å². The highest BCUT2D eigenvalue weighted by molar-refractivity contribution is 7.16. The van der Waals surface area contributed by atoms with Gasteiger partial charge in [0, 0.05) is 6.08 Å². The highest BCUT2D eigenvalue weighted by Crippen LogP contribution is 2.38. The third-order valence-corrected chi connectivity index (χ3v) is 3.78. The number of rotatable bonds is 6. The Hall–Kier alpha value is -3.05. The number of benzene rings is 1. The van der Waals surface area contributed by atoms with Crippen molar-refractivity contribution < 1.29 is 19.0 Å². The van der Waals surface area contributed by atoms with E-state index in [4.69, 9.17) is 19.5 Å².